The molecule has 0 aliphatic heterocycles. The van der Waals surface area contributed by atoms with Crippen molar-refractivity contribution < 1.29 is 75.2 Å². The number of carbonyl (C=O) groups is 2. The summed E-state index contributed by atoms with van der Waals surface area (Å²) in [4.78, 5) is 23.2. The van der Waals surface area contributed by atoms with Crippen molar-refractivity contribution in [2.75, 3.05) is 17.7 Å². The van der Waals surface area contributed by atoms with Gasteiger partial charge in [0.15, 0.2) is 0 Å². The number of urea groups is 1. The smallest absolute Gasteiger partial charge is 0.744 e. The van der Waals surface area contributed by atoms with Crippen LogP contribution in [0.3, 0.4) is 0 Å². The minimum absolute atomic E-state index is 0. The number of carboxylic acid groups (broad SMARTS) is 1. The SMILES string of the molecule is COc1cc(N=Nc2cccc(S(=O)(=O)[O-])c2)ccc1NC(=O)Nc1ccc(N=Nc2ccc(O)c(C(=O)[O-])c2)cc1.[Li+].[Li+]. The number of aromatic carboxylic acids is 1. The van der Waals surface area contributed by atoms with Gasteiger partial charge in [-0.15, -0.1) is 0 Å². The van der Waals surface area contributed by atoms with E-state index in [-0.39, 0.29) is 54.8 Å². The third-order valence-electron chi connectivity index (χ3n) is 5.43. The minimum Gasteiger partial charge on any atom is -0.744 e. The van der Waals surface area contributed by atoms with Gasteiger partial charge in [0, 0.05) is 17.3 Å². The maximum atomic E-state index is 12.6. The van der Waals surface area contributed by atoms with Crippen molar-refractivity contribution in [2.45, 2.75) is 4.90 Å². The van der Waals surface area contributed by atoms with Crippen LogP contribution in [0, 0.1) is 0 Å². The number of hydrogen-bond donors (Lipinski definition) is 3. The molecule has 2 amide bonds. The van der Waals surface area contributed by atoms with E-state index in [9.17, 15) is 32.8 Å². The molecule has 0 atom stereocenters. The molecule has 0 saturated carbocycles. The van der Waals surface area contributed by atoms with Crippen molar-refractivity contribution in [3.05, 3.63) is 90.5 Å². The van der Waals surface area contributed by atoms with E-state index in [2.05, 4.69) is 31.1 Å². The van der Waals surface area contributed by atoms with Crippen molar-refractivity contribution in [2.24, 2.45) is 20.5 Å². The number of phenols is 1. The summed E-state index contributed by atoms with van der Waals surface area (Å²) >= 11 is 0. The first-order chi connectivity index (χ1) is 20.0. The fourth-order valence-electron chi connectivity index (χ4n) is 3.42. The average molecular weight is 602 g/mol. The van der Waals surface area contributed by atoms with Gasteiger partial charge in [-0.3, -0.25) is 0 Å². The second-order valence-corrected chi connectivity index (χ2v) is 9.73. The topological polar surface area (TPSA) is 217 Å². The molecule has 4 aromatic carbocycles. The monoisotopic (exact) mass is 602 g/mol. The number of azo groups is 2. The first kappa shape index (κ1) is 35.7. The fraction of sp³-hybridized carbons (Fsp3) is 0.0370. The standard InChI is InChI=1S/C27H22N6O8S.2Li/c1-41-25-15-20(33-31-18-3-2-4-21(13-18)42(38,39)40)9-11-23(25)29-27(37)28-16-5-7-17(8-6-16)30-32-19-10-12-24(34)22(14-19)26(35)36;;/h2-15,34H,1H3,(H,35,36)(H2,28,29,37)(H,38,39,40);;/q;2*+1/p-2. The van der Waals surface area contributed by atoms with Gasteiger partial charge in [0.25, 0.3) is 0 Å². The van der Waals surface area contributed by atoms with E-state index in [0.717, 1.165) is 18.2 Å². The molecule has 214 valence electrons. The number of benzene rings is 4. The van der Waals surface area contributed by atoms with Gasteiger partial charge in [0.2, 0.25) is 0 Å². The summed E-state index contributed by atoms with van der Waals surface area (Å²) in [6, 6.07) is 19.1. The molecule has 17 heteroatoms. The van der Waals surface area contributed by atoms with E-state index in [1.54, 1.807) is 30.3 Å². The van der Waals surface area contributed by atoms with Gasteiger partial charge >= 0.3 is 43.8 Å². The van der Waals surface area contributed by atoms with Crippen LogP contribution in [0.1, 0.15) is 10.4 Å². The Labute approximate surface area is 275 Å². The van der Waals surface area contributed by atoms with Crippen molar-refractivity contribution in [3.63, 3.8) is 0 Å². The van der Waals surface area contributed by atoms with E-state index >= 15 is 0 Å². The number of methoxy groups -OCH3 is 1. The summed E-state index contributed by atoms with van der Waals surface area (Å²) < 4.78 is 38.9. The Morgan fingerprint density at radius 2 is 1.34 bits per heavy atom. The van der Waals surface area contributed by atoms with Crippen LogP contribution < -0.4 is 58.2 Å². The largest absolute Gasteiger partial charge is 1.00 e. The molecule has 0 aliphatic carbocycles. The van der Waals surface area contributed by atoms with Gasteiger partial charge in [-0.1, -0.05) is 6.07 Å². The van der Waals surface area contributed by atoms with Gasteiger partial charge < -0.3 is 34.9 Å². The zero-order valence-corrected chi connectivity index (χ0v) is 24.4. The van der Waals surface area contributed by atoms with Crippen molar-refractivity contribution in [3.8, 4) is 11.5 Å². The first-order valence-corrected chi connectivity index (χ1v) is 13.2. The fourth-order valence-corrected chi connectivity index (χ4v) is 3.93. The van der Waals surface area contributed by atoms with Gasteiger partial charge in [0.05, 0.1) is 46.4 Å². The summed E-state index contributed by atoms with van der Waals surface area (Å²) in [6.45, 7) is 0. The van der Waals surface area contributed by atoms with Crippen LogP contribution in [0.25, 0.3) is 0 Å². The third kappa shape index (κ3) is 9.79. The number of rotatable bonds is 9. The minimum atomic E-state index is -4.63. The van der Waals surface area contributed by atoms with Crippen LogP contribution in [0.4, 0.5) is 38.9 Å². The Bertz CT molecular complexity index is 1820. The molecule has 0 aromatic heterocycles. The number of aromatic hydroxyl groups is 1. The number of nitrogens with zero attached hydrogens (tertiary/aromatic N) is 4. The molecule has 0 fully saturated rings. The van der Waals surface area contributed by atoms with Crippen LogP contribution in [0.5, 0.6) is 11.5 Å². The van der Waals surface area contributed by atoms with Gasteiger partial charge in [-0.25, -0.2) is 13.2 Å². The number of anilines is 2. The quantitative estimate of drug-likeness (QED) is 0.124. The molecule has 0 bridgehead atoms. The normalized spacial score (nSPS) is 11.0. The third-order valence-corrected chi connectivity index (χ3v) is 6.26. The summed E-state index contributed by atoms with van der Waals surface area (Å²) in [5.74, 6) is -1.72. The molecular formula is C27H20Li2N6O8S. The second-order valence-electron chi connectivity index (χ2n) is 8.35. The zero-order valence-electron chi connectivity index (χ0n) is 23.6. The molecule has 0 unspecified atom stereocenters. The number of nitrogens with one attached hydrogen (secondary N) is 2. The van der Waals surface area contributed by atoms with Gasteiger partial charge in [0.1, 0.15) is 21.6 Å². The predicted molar refractivity (Wildman–Crippen MR) is 147 cm³/mol. The summed E-state index contributed by atoms with van der Waals surface area (Å²) in [5, 5.41) is 41.8. The number of ether oxygens (including phenoxy) is 1. The molecule has 0 aliphatic rings. The molecule has 4 aromatic rings. The Kier molecular flexibility index (Phi) is 12.9. The van der Waals surface area contributed by atoms with Crippen molar-refractivity contribution in [1.82, 2.24) is 0 Å². The van der Waals surface area contributed by atoms with E-state index in [0.29, 0.717) is 22.7 Å². The van der Waals surface area contributed by atoms with E-state index in [4.69, 9.17) is 4.74 Å². The van der Waals surface area contributed by atoms with Crippen LogP contribution >= 0.6 is 0 Å². The molecule has 14 nitrogen and oxygen atoms in total. The Balaban J connectivity index is 0.00000337. The average Bonchev–Trinajstić information content (AvgIpc) is 2.96. The number of carbonyl (C=O) groups excluding carboxylic acids is 2. The second kappa shape index (κ2) is 15.8. The molecule has 3 N–H and O–H groups in total. The van der Waals surface area contributed by atoms with Crippen molar-refractivity contribution >= 4 is 56.2 Å². The maximum absolute atomic E-state index is 12.6. The molecule has 0 radical (unpaired) electrons. The maximum Gasteiger partial charge on any atom is 1.00 e. The molecule has 44 heavy (non-hydrogen) atoms. The zero-order chi connectivity index (χ0) is 30.3. The Morgan fingerprint density at radius 3 is 1.95 bits per heavy atom. The Morgan fingerprint density at radius 1 is 0.773 bits per heavy atom. The van der Waals surface area contributed by atoms with Crippen LogP contribution in [0.2, 0.25) is 0 Å². The van der Waals surface area contributed by atoms with Crippen LogP contribution in [-0.2, 0) is 10.1 Å². The summed E-state index contributed by atoms with van der Waals surface area (Å²) in [5.41, 5.74) is 1.45. The molecule has 0 heterocycles. The number of hydrogen-bond acceptors (Lipinski definition) is 12. The molecule has 0 spiro atoms. The molecule has 4 rings (SSSR count). The van der Waals surface area contributed by atoms with Crippen molar-refractivity contribution in [1.29, 1.82) is 0 Å². The summed E-state index contributed by atoms with van der Waals surface area (Å²) in [7, 11) is -3.24. The molecular weight excluding hydrogens is 582 g/mol. The number of amides is 2. The van der Waals surface area contributed by atoms with E-state index < -0.39 is 38.3 Å². The van der Waals surface area contributed by atoms with Crippen LogP contribution in [-0.4, -0.2) is 37.2 Å². The Hall–Kier alpha value is -4.48. The number of carboxylic acids is 1. The summed E-state index contributed by atoms with van der Waals surface area (Å²) in [6.07, 6.45) is 0. The van der Waals surface area contributed by atoms with Crippen LogP contribution in [0.15, 0.2) is 110 Å². The van der Waals surface area contributed by atoms with Gasteiger partial charge in [-0.2, -0.15) is 20.5 Å². The molecule has 0 saturated heterocycles. The predicted octanol–water partition coefficient (Wildman–Crippen LogP) is -0.849. The first-order valence-electron chi connectivity index (χ1n) is 11.8. The van der Waals surface area contributed by atoms with Gasteiger partial charge in [-0.05, 0) is 72.8 Å². The van der Waals surface area contributed by atoms with E-state index in [1.807, 2.05) is 0 Å². The van der Waals surface area contributed by atoms with E-state index in [1.165, 1.54) is 43.5 Å².